The number of anilines is 1. The lowest BCUT2D eigenvalue weighted by atomic mass is 10.1. The van der Waals surface area contributed by atoms with Gasteiger partial charge in [0, 0.05) is 31.3 Å². The normalized spacial score (nSPS) is 13.7. The van der Waals surface area contributed by atoms with E-state index in [1.165, 1.54) is 0 Å². The van der Waals surface area contributed by atoms with Gasteiger partial charge in [-0.2, -0.15) is 5.10 Å². The van der Waals surface area contributed by atoms with Gasteiger partial charge in [-0.15, -0.1) is 0 Å². The van der Waals surface area contributed by atoms with Gasteiger partial charge in [0.15, 0.2) is 5.65 Å². The molecule has 0 radical (unpaired) electrons. The summed E-state index contributed by atoms with van der Waals surface area (Å²) in [5, 5.41) is 5.12. The van der Waals surface area contributed by atoms with E-state index in [-0.39, 0.29) is 5.91 Å². The molecule has 0 unspecified atom stereocenters. The average molecular weight is 426 g/mol. The van der Waals surface area contributed by atoms with Crippen molar-refractivity contribution in [1.82, 2.24) is 14.8 Å². The third kappa shape index (κ3) is 3.51. The monoisotopic (exact) mass is 426 g/mol. The number of hydrogen-bond acceptors (Lipinski definition) is 5. The molecule has 160 valence electrons. The Morgan fingerprint density at radius 2 is 1.81 bits per heavy atom. The summed E-state index contributed by atoms with van der Waals surface area (Å²) < 4.78 is 7.38. The quantitative estimate of drug-likeness (QED) is 0.359. The van der Waals surface area contributed by atoms with Gasteiger partial charge in [-0.3, -0.25) is 9.48 Å². The number of carbonyl (C=O) groups is 2. The molecular weight excluding hydrogens is 404 g/mol. The number of aryl methyl sites for hydroxylation is 2. The Hall–Kier alpha value is -4.00. The second kappa shape index (κ2) is 7.92. The van der Waals surface area contributed by atoms with Crippen LogP contribution in [-0.2, 0) is 11.8 Å². The number of rotatable bonds is 4. The van der Waals surface area contributed by atoms with Crippen molar-refractivity contribution in [2.75, 3.05) is 11.4 Å². The number of benzene rings is 2. The van der Waals surface area contributed by atoms with Crippen LogP contribution < -0.4 is 9.64 Å². The number of esters is 1. The fourth-order valence-electron chi connectivity index (χ4n) is 4.14. The number of ether oxygens (including phenoxy) is 1. The van der Waals surface area contributed by atoms with Crippen molar-refractivity contribution in [2.45, 2.75) is 19.8 Å². The molecule has 0 N–H and O–H groups in total. The van der Waals surface area contributed by atoms with Crippen LogP contribution in [0.2, 0.25) is 0 Å². The smallest absolute Gasteiger partial charge is 0.344 e. The minimum absolute atomic E-state index is 0.120. The Kier molecular flexibility index (Phi) is 4.93. The summed E-state index contributed by atoms with van der Waals surface area (Å²) in [6.45, 7) is 2.57. The molecule has 0 atom stereocenters. The lowest BCUT2D eigenvalue weighted by Gasteiger charge is -2.16. The van der Waals surface area contributed by atoms with Crippen molar-refractivity contribution in [3.63, 3.8) is 0 Å². The summed E-state index contributed by atoms with van der Waals surface area (Å²) in [4.78, 5) is 31.7. The van der Waals surface area contributed by atoms with Crippen molar-refractivity contribution >= 4 is 28.6 Å². The average Bonchev–Trinajstić information content (AvgIpc) is 3.36. The highest BCUT2D eigenvalue weighted by atomic mass is 16.5. The summed E-state index contributed by atoms with van der Waals surface area (Å²) in [6.07, 6.45) is 1.44. The van der Waals surface area contributed by atoms with Crippen molar-refractivity contribution in [1.29, 1.82) is 0 Å². The first-order chi connectivity index (χ1) is 15.5. The first kappa shape index (κ1) is 19.9. The molecule has 4 aromatic rings. The van der Waals surface area contributed by atoms with Gasteiger partial charge in [-0.25, -0.2) is 9.78 Å². The van der Waals surface area contributed by atoms with Gasteiger partial charge in [-0.1, -0.05) is 30.3 Å². The van der Waals surface area contributed by atoms with Gasteiger partial charge >= 0.3 is 5.97 Å². The van der Waals surface area contributed by atoms with Gasteiger partial charge in [0.2, 0.25) is 5.91 Å². The fourth-order valence-corrected chi connectivity index (χ4v) is 4.14. The van der Waals surface area contributed by atoms with Gasteiger partial charge < -0.3 is 9.64 Å². The van der Waals surface area contributed by atoms with Crippen LogP contribution in [0.5, 0.6) is 5.75 Å². The Morgan fingerprint density at radius 3 is 2.50 bits per heavy atom. The van der Waals surface area contributed by atoms with E-state index in [9.17, 15) is 9.59 Å². The molecule has 1 aliphatic heterocycles. The Balaban J connectivity index is 1.49. The van der Waals surface area contributed by atoms with E-state index in [1.54, 1.807) is 39.9 Å². The Bertz CT molecular complexity index is 1330. The molecule has 0 bridgehead atoms. The highest BCUT2D eigenvalue weighted by molar-refractivity contribution is 6.05. The van der Waals surface area contributed by atoms with E-state index in [4.69, 9.17) is 9.72 Å². The molecule has 7 nitrogen and oxygen atoms in total. The minimum Gasteiger partial charge on any atom is -0.423 e. The summed E-state index contributed by atoms with van der Waals surface area (Å²) in [5.74, 6) is 0.0586. The zero-order valence-electron chi connectivity index (χ0n) is 17.9. The van der Waals surface area contributed by atoms with Crippen molar-refractivity contribution in [3.8, 4) is 17.0 Å². The highest BCUT2D eigenvalue weighted by Gasteiger charge is 2.23. The lowest BCUT2D eigenvalue weighted by Crippen LogP contribution is -2.23. The van der Waals surface area contributed by atoms with E-state index in [1.807, 2.05) is 44.3 Å². The van der Waals surface area contributed by atoms with Crippen molar-refractivity contribution in [3.05, 3.63) is 71.9 Å². The van der Waals surface area contributed by atoms with E-state index in [2.05, 4.69) is 5.10 Å². The predicted octanol–water partition coefficient (Wildman–Crippen LogP) is 4.29. The van der Waals surface area contributed by atoms with Gasteiger partial charge in [0.05, 0.1) is 22.3 Å². The number of nitrogens with zero attached hydrogens (tertiary/aromatic N) is 4. The van der Waals surface area contributed by atoms with E-state index < -0.39 is 5.97 Å². The van der Waals surface area contributed by atoms with Crippen LogP contribution >= 0.6 is 0 Å². The SMILES string of the molecule is Cc1nn(C)c2nc(-c3ccccc3)cc(C(=O)Oc3ccc(N4CCCC4=O)cc3)c12. The van der Waals surface area contributed by atoms with E-state index in [0.29, 0.717) is 40.2 Å². The second-order valence-corrected chi connectivity index (χ2v) is 7.86. The lowest BCUT2D eigenvalue weighted by molar-refractivity contribution is -0.117. The molecule has 0 saturated carbocycles. The van der Waals surface area contributed by atoms with Crippen molar-refractivity contribution < 1.29 is 14.3 Å². The molecule has 1 aliphatic rings. The Morgan fingerprint density at radius 1 is 1.06 bits per heavy atom. The summed E-state index contributed by atoms with van der Waals surface area (Å²) in [6, 6.07) is 18.5. The summed E-state index contributed by atoms with van der Waals surface area (Å²) in [5.41, 5.74) is 4.15. The topological polar surface area (TPSA) is 77.3 Å². The number of amides is 1. The maximum Gasteiger partial charge on any atom is 0.344 e. The highest BCUT2D eigenvalue weighted by Crippen LogP contribution is 2.29. The fraction of sp³-hybridized carbons (Fsp3) is 0.200. The molecule has 5 rings (SSSR count). The zero-order chi connectivity index (χ0) is 22.2. The summed E-state index contributed by atoms with van der Waals surface area (Å²) in [7, 11) is 1.81. The first-order valence-electron chi connectivity index (χ1n) is 10.5. The minimum atomic E-state index is -0.476. The number of aromatic nitrogens is 3. The van der Waals surface area contributed by atoms with Gasteiger partial charge in [0.25, 0.3) is 0 Å². The van der Waals surface area contributed by atoms with Gasteiger partial charge in [0.1, 0.15) is 5.75 Å². The molecule has 1 amide bonds. The molecule has 1 saturated heterocycles. The number of pyridine rings is 1. The molecule has 0 aliphatic carbocycles. The van der Waals surface area contributed by atoms with Crippen LogP contribution in [0, 0.1) is 6.92 Å². The standard InChI is InChI=1S/C25H22N4O3/c1-16-23-20(15-21(17-7-4-3-5-8-17)26-24(23)28(2)27-16)25(31)32-19-12-10-18(11-13-19)29-14-6-9-22(29)30/h3-5,7-8,10-13,15H,6,9,14H2,1-2H3. The molecule has 32 heavy (non-hydrogen) atoms. The van der Waals surface area contributed by atoms with Crippen LogP contribution in [0.1, 0.15) is 28.9 Å². The third-order valence-electron chi connectivity index (χ3n) is 5.69. The van der Waals surface area contributed by atoms with Crippen LogP contribution in [0.4, 0.5) is 5.69 Å². The van der Waals surface area contributed by atoms with Crippen LogP contribution in [0.3, 0.4) is 0 Å². The van der Waals surface area contributed by atoms with Crippen LogP contribution in [0.25, 0.3) is 22.3 Å². The molecule has 1 fully saturated rings. The van der Waals surface area contributed by atoms with Gasteiger partial charge in [-0.05, 0) is 43.7 Å². The third-order valence-corrected chi connectivity index (χ3v) is 5.69. The predicted molar refractivity (Wildman–Crippen MR) is 122 cm³/mol. The number of hydrogen-bond donors (Lipinski definition) is 0. The molecular formula is C25H22N4O3. The van der Waals surface area contributed by atoms with Crippen LogP contribution in [0.15, 0.2) is 60.7 Å². The molecule has 2 aromatic carbocycles. The number of fused-ring (bicyclic) bond motifs is 1. The van der Waals surface area contributed by atoms with E-state index >= 15 is 0 Å². The molecule has 2 aromatic heterocycles. The maximum atomic E-state index is 13.2. The second-order valence-electron chi connectivity index (χ2n) is 7.86. The molecule has 7 heteroatoms. The zero-order valence-corrected chi connectivity index (χ0v) is 17.9. The van der Waals surface area contributed by atoms with Crippen molar-refractivity contribution in [2.24, 2.45) is 7.05 Å². The Labute approximate surface area is 185 Å². The maximum absolute atomic E-state index is 13.2. The first-order valence-corrected chi connectivity index (χ1v) is 10.5. The largest absolute Gasteiger partial charge is 0.423 e. The van der Waals surface area contributed by atoms with Crippen LogP contribution in [-0.4, -0.2) is 33.2 Å². The number of carbonyl (C=O) groups excluding carboxylic acids is 2. The van der Waals surface area contributed by atoms with E-state index in [0.717, 1.165) is 24.2 Å². The summed E-state index contributed by atoms with van der Waals surface area (Å²) >= 11 is 0. The molecule has 0 spiro atoms. The molecule has 3 heterocycles.